The van der Waals surface area contributed by atoms with E-state index >= 15 is 0 Å². The van der Waals surface area contributed by atoms with E-state index in [1.807, 2.05) is 0 Å². The first kappa shape index (κ1) is 14.6. The summed E-state index contributed by atoms with van der Waals surface area (Å²) in [5, 5.41) is 2.58. The summed E-state index contributed by atoms with van der Waals surface area (Å²) in [7, 11) is 1.31. The fraction of sp³-hybridized carbons (Fsp3) is 0.364. The van der Waals surface area contributed by atoms with Gasteiger partial charge in [0.1, 0.15) is 11.0 Å². The minimum absolute atomic E-state index is 0.0415. The van der Waals surface area contributed by atoms with Crippen molar-refractivity contribution in [2.75, 3.05) is 11.9 Å². The number of nitrogens with one attached hydrogen (secondary N) is 1. The van der Waals surface area contributed by atoms with Crippen LogP contribution in [-0.2, 0) is 18.6 Å². The minimum atomic E-state index is -3.89. The molecule has 0 aromatic heterocycles. The Balaban J connectivity index is 2.14. The lowest BCUT2D eigenvalue weighted by atomic mass is 10.2. The maximum absolute atomic E-state index is 11.8. The molecular weight excluding hydrogens is 313 g/mol. The molecule has 0 aliphatic carbocycles. The van der Waals surface area contributed by atoms with Crippen molar-refractivity contribution in [1.82, 2.24) is 0 Å². The van der Waals surface area contributed by atoms with E-state index in [0.717, 1.165) is 6.42 Å². The molecule has 1 unspecified atom stereocenters. The van der Waals surface area contributed by atoms with Gasteiger partial charge < -0.3 is 10.1 Å². The van der Waals surface area contributed by atoms with Gasteiger partial charge in [-0.2, -0.15) is 0 Å². The van der Waals surface area contributed by atoms with Gasteiger partial charge in [0.15, 0.2) is 0 Å². The molecule has 1 aliphatic heterocycles. The van der Waals surface area contributed by atoms with Crippen LogP contribution in [0.3, 0.4) is 0 Å². The van der Waals surface area contributed by atoms with Crippen LogP contribution >= 0.6 is 22.3 Å². The number of rotatable bonds is 3. The van der Waals surface area contributed by atoms with Crippen molar-refractivity contribution in [1.29, 1.82) is 0 Å². The topological polar surface area (TPSA) is 72.5 Å². The maximum Gasteiger partial charge on any atom is 0.262 e. The van der Waals surface area contributed by atoms with Gasteiger partial charge in [0, 0.05) is 23.0 Å². The standard InChI is InChI=1S/C11H11Cl2NO4S/c12-8-6-7(3-4-10(8)19(13,16)17)14-11(15)9-2-1-5-18-9/h3-4,6,9H,1-2,5H2,(H,14,15). The third-order valence-electron chi connectivity index (χ3n) is 2.68. The zero-order chi connectivity index (χ0) is 14.0. The normalized spacial score (nSPS) is 19.4. The summed E-state index contributed by atoms with van der Waals surface area (Å²) in [5.74, 6) is -0.268. The van der Waals surface area contributed by atoms with Crippen molar-refractivity contribution >= 4 is 42.9 Å². The number of hydrogen-bond donors (Lipinski definition) is 1. The van der Waals surface area contributed by atoms with Gasteiger partial charge in [-0.15, -0.1) is 0 Å². The fourth-order valence-electron chi connectivity index (χ4n) is 1.78. The Bertz CT molecular complexity index is 597. The van der Waals surface area contributed by atoms with E-state index in [0.29, 0.717) is 18.7 Å². The van der Waals surface area contributed by atoms with E-state index in [1.165, 1.54) is 18.2 Å². The van der Waals surface area contributed by atoms with Crippen LogP contribution in [0, 0.1) is 0 Å². The van der Waals surface area contributed by atoms with Gasteiger partial charge >= 0.3 is 0 Å². The SMILES string of the molecule is O=C(Nc1ccc(S(=O)(=O)Cl)c(Cl)c1)C1CCCO1. The number of amides is 1. The predicted octanol–water partition coefficient (Wildman–Crippen LogP) is 2.39. The smallest absolute Gasteiger partial charge is 0.262 e. The Morgan fingerprint density at radius 1 is 1.42 bits per heavy atom. The van der Waals surface area contributed by atoms with Crippen molar-refractivity contribution in [2.45, 2.75) is 23.8 Å². The monoisotopic (exact) mass is 323 g/mol. The molecule has 2 rings (SSSR count). The van der Waals surface area contributed by atoms with Crippen molar-refractivity contribution in [3.8, 4) is 0 Å². The Kier molecular flexibility index (Phi) is 4.35. The van der Waals surface area contributed by atoms with Crippen molar-refractivity contribution in [3.05, 3.63) is 23.2 Å². The van der Waals surface area contributed by atoms with Gasteiger partial charge in [0.2, 0.25) is 0 Å². The van der Waals surface area contributed by atoms with Gasteiger partial charge in [-0.1, -0.05) is 11.6 Å². The molecule has 0 radical (unpaired) electrons. The van der Waals surface area contributed by atoms with Gasteiger partial charge in [0.05, 0.1) is 5.02 Å². The minimum Gasteiger partial charge on any atom is -0.368 e. The van der Waals surface area contributed by atoms with Crippen LogP contribution in [0.15, 0.2) is 23.1 Å². The summed E-state index contributed by atoms with van der Waals surface area (Å²) < 4.78 is 27.6. The second-order valence-corrected chi connectivity index (χ2v) is 7.02. The highest BCUT2D eigenvalue weighted by molar-refractivity contribution is 8.13. The molecule has 19 heavy (non-hydrogen) atoms. The summed E-state index contributed by atoms with van der Waals surface area (Å²) in [6.45, 7) is 0.572. The lowest BCUT2D eigenvalue weighted by Gasteiger charge is -2.11. The Labute approximate surface area is 120 Å². The molecule has 8 heteroatoms. The summed E-state index contributed by atoms with van der Waals surface area (Å²) in [6.07, 6.45) is 1.06. The van der Waals surface area contributed by atoms with Crippen LogP contribution in [0.4, 0.5) is 5.69 Å². The van der Waals surface area contributed by atoms with Crippen LogP contribution in [0.2, 0.25) is 5.02 Å². The summed E-state index contributed by atoms with van der Waals surface area (Å²) in [6, 6.07) is 4.01. The van der Waals surface area contributed by atoms with Crippen LogP contribution in [-0.4, -0.2) is 27.0 Å². The number of anilines is 1. The fourth-order valence-corrected chi connectivity index (χ4v) is 3.31. The van der Waals surface area contributed by atoms with Gasteiger partial charge in [-0.3, -0.25) is 4.79 Å². The lowest BCUT2D eigenvalue weighted by molar-refractivity contribution is -0.124. The van der Waals surface area contributed by atoms with Crippen molar-refractivity contribution in [3.63, 3.8) is 0 Å². The summed E-state index contributed by atoms with van der Waals surface area (Å²) in [4.78, 5) is 11.6. The summed E-state index contributed by atoms with van der Waals surface area (Å²) in [5.41, 5.74) is 0.398. The Morgan fingerprint density at radius 3 is 2.68 bits per heavy atom. The van der Waals surface area contributed by atoms with Crippen LogP contribution in [0.25, 0.3) is 0 Å². The molecule has 104 valence electrons. The second kappa shape index (κ2) is 5.66. The molecule has 1 aromatic rings. The molecule has 1 amide bonds. The van der Waals surface area contributed by atoms with Crippen LogP contribution in [0.5, 0.6) is 0 Å². The number of benzene rings is 1. The average molecular weight is 324 g/mol. The molecule has 5 nitrogen and oxygen atoms in total. The molecule has 1 aliphatic rings. The summed E-state index contributed by atoms with van der Waals surface area (Å²) >= 11 is 5.81. The average Bonchev–Trinajstić information content (AvgIpc) is 2.80. The molecule has 1 heterocycles. The largest absolute Gasteiger partial charge is 0.368 e. The van der Waals surface area contributed by atoms with Crippen LogP contribution in [0.1, 0.15) is 12.8 Å². The zero-order valence-electron chi connectivity index (χ0n) is 9.73. The van der Waals surface area contributed by atoms with Crippen molar-refractivity contribution in [2.24, 2.45) is 0 Å². The van der Waals surface area contributed by atoms with Crippen molar-refractivity contribution < 1.29 is 17.9 Å². The molecular formula is C11H11Cl2NO4S. The second-order valence-electron chi connectivity index (χ2n) is 4.07. The van der Waals surface area contributed by atoms with E-state index in [1.54, 1.807) is 0 Å². The highest BCUT2D eigenvalue weighted by Gasteiger charge is 2.24. The molecule has 1 N–H and O–H groups in total. The maximum atomic E-state index is 11.8. The Hall–Kier alpha value is -0.820. The highest BCUT2D eigenvalue weighted by Crippen LogP contribution is 2.27. The van der Waals surface area contributed by atoms with Gasteiger partial charge in [-0.25, -0.2) is 8.42 Å². The van der Waals surface area contributed by atoms with Crippen LogP contribution < -0.4 is 5.32 Å². The first-order valence-corrected chi connectivity index (χ1v) is 8.23. The molecule has 0 bridgehead atoms. The quantitative estimate of drug-likeness (QED) is 0.867. The molecule has 0 saturated carbocycles. The molecule has 1 aromatic carbocycles. The molecule has 1 saturated heterocycles. The number of carbonyl (C=O) groups is 1. The van der Waals surface area contributed by atoms with E-state index in [9.17, 15) is 13.2 Å². The number of ether oxygens (including phenoxy) is 1. The predicted molar refractivity (Wildman–Crippen MR) is 72.1 cm³/mol. The zero-order valence-corrected chi connectivity index (χ0v) is 12.1. The van der Waals surface area contributed by atoms with Gasteiger partial charge in [0.25, 0.3) is 15.0 Å². The highest BCUT2D eigenvalue weighted by atomic mass is 35.7. The molecule has 1 atom stereocenters. The molecule has 1 fully saturated rings. The van der Waals surface area contributed by atoms with E-state index < -0.39 is 15.2 Å². The first-order valence-electron chi connectivity index (χ1n) is 5.54. The molecule has 0 spiro atoms. The van der Waals surface area contributed by atoms with E-state index in [4.69, 9.17) is 27.0 Å². The van der Waals surface area contributed by atoms with E-state index in [2.05, 4.69) is 5.32 Å². The number of hydrogen-bond acceptors (Lipinski definition) is 4. The third-order valence-corrected chi connectivity index (χ3v) is 4.49. The van der Waals surface area contributed by atoms with Gasteiger partial charge in [-0.05, 0) is 31.0 Å². The Morgan fingerprint density at radius 2 is 2.16 bits per heavy atom. The number of halogens is 2. The lowest BCUT2D eigenvalue weighted by Crippen LogP contribution is -2.26. The number of carbonyl (C=O) groups excluding carboxylic acids is 1. The van der Waals surface area contributed by atoms with E-state index in [-0.39, 0.29) is 15.8 Å². The first-order chi connectivity index (χ1) is 8.88. The third kappa shape index (κ3) is 3.60.